The molecule has 0 aromatic heterocycles. The second kappa shape index (κ2) is 5.21. The molecule has 2 heteroatoms. The molecule has 0 fully saturated rings. The fraction of sp³-hybridized carbons (Fsp3) is 0.250. The summed E-state index contributed by atoms with van der Waals surface area (Å²) in [6.45, 7) is 0. The van der Waals surface area contributed by atoms with Gasteiger partial charge in [-0.15, -0.1) is 12.3 Å². The van der Waals surface area contributed by atoms with Crippen molar-refractivity contribution in [2.45, 2.75) is 18.9 Å². The summed E-state index contributed by atoms with van der Waals surface area (Å²) in [4.78, 5) is 11.5. The maximum absolute atomic E-state index is 11.5. The van der Waals surface area contributed by atoms with Crippen LogP contribution in [-0.4, -0.2) is 11.8 Å². The van der Waals surface area contributed by atoms with E-state index in [0.29, 0.717) is 12.8 Å². The minimum Gasteiger partial charge on any atom is -0.321 e. The van der Waals surface area contributed by atoms with Crippen LogP contribution in [0.4, 0.5) is 0 Å². The summed E-state index contributed by atoms with van der Waals surface area (Å²) in [5, 5.41) is 0. The lowest BCUT2D eigenvalue weighted by Gasteiger charge is -2.06. The van der Waals surface area contributed by atoms with Crippen LogP contribution >= 0.6 is 0 Å². The van der Waals surface area contributed by atoms with Crippen molar-refractivity contribution in [3.8, 4) is 12.3 Å². The summed E-state index contributed by atoms with van der Waals surface area (Å²) in [5.41, 5.74) is 6.56. The van der Waals surface area contributed by atoms with E-state index in [0.717, 1.165) is 5.56 Å². The number of hydrogen-bond acceptors (Lipinski definition) is 2. The zero-order valence-corrected chi connectivity index (χ0v) is 7.94. The number of ketones is 1. The molecule has 1 atom stereocenters. The molecule has 72 valence electrons. The zero-order valence-electron chi connectivity index (χ0n) is 7.94. The van der Waals surface area contributed by atoms with E-state index in [-0.39, 0.29) is 5.78 Å². The Bertz CT molecular complexity index is 337. The van der Waals surface area contributed by atoms with Crippen molar-refractivity contribution in [3.05, 3.63) is 35.9 Å². The van der Waals surface area contributed by atoms with Crippen molar-refractivity contribution < 1.29 is 4.79 Å². The predicted molar refractivity (Wildman–Crippen MR) is 56.6 cm³/mol. The fourth-order valence-electron chi connectivity index (χ4n) is 1.17. The van der Waals surface area contributed by atoms with E-state index < -0.39 is 6.04 Å². The highest BCUT2D eigenvalue weighted by atomic mass is 16.1. The van der Waals surface area contributed by atoms with Crippen molar-refractivity contribution in [2.24, 2.45) is 5.73 Å². The SMILES string of the molecule is C#CCC(N)C(=O)Cc1ccccc1. The molecule has 0 spiro atoms. The van der Waals surface area contributed by atoms with Crippen molar-refractivity contribution >= 4 is 5.78 Å². The van der Waals surface area contributed by atoms with Gasteiger partial charge in [-0.05, 0) is 5.56 Å². The Morgan fingerprint density at radius 3 is 2.64 bits per heavy atom. The lowest BCUT2D eigenvalue weighted by atomic mass is 10.0. The van der Waals surface area contributed by atoms with Crippen LogP contribution in [0.5, 0.6) is 0 Å². The van der Waals surface area contributed by atoms with Gasteiger partial charge in [0, 0.05) is 12.8 Å². The van der Waals surface area contributed by atoms with E-state index in [9.17, 15) is 4.79 Å². The molecule has 0 aliphatic carbocycles. The van der Waals surface area contributed by atoms with E-state index >= 15 is 0 Å². The topological polar surface area (TPSA) is 43.1 Å². The molecule has 0 bridgehead atoms. The van der Waals surface area contributed by atoms with Gasteiger partial charge in [-0.2, -0.15) is 0 Å². The molecule has 0 amide bonds. The maximum Gasteiger partial charge on any atom is 0.154 e. The van der Waals surface area contributed by atoms with Gasteiger partial charge in [0.1, 0.15) is 0 Å². The number of Topliss-reactive ketones (excluding diaryl/α,β-unsaturated/α-hetero) is 1. The molecule has 0 aliphatic rings. The molecule has 1 aromatic rings. The average Bonchev–Trinajstić information content (AvgIpc) is 2.19. The number of rotatable bonds is 4. The number of carbonyl (C=O) groups excluding carboxylic acids is 1. The Morgan fingerprint density at radius 2 is 2.07 bits per heavy atom. The monoisotopic (exact) mass is 187 g/mol. The van der Waals surface area contributed by atoms with Gasteiger partial charge in [-0.25, -0.2) is 0 Å². The molecule has 2 N–H and O–H groups in total. The van der Waals surface area contributed by atoms with Gasteiger partial charge in [-0.1, -0.05) is 30.3 Å². The number of hydrogen-bond donors (Lipinski definition) is 1. The Labute approximate surface area is 84.1 Å². The Kier molecular flexibility index (Phi) is 3.90. The minimum atomic E-state index is -0.528. The number of terminal acetylenes is 1. The van der Waals surface area contributed by atoms with Crippen LogP contribution in [0.15, 0.2) is 30.3 Å². The third kappa shape index (κ3) is 3.04. The zero-order chi connectivity index (χ0) is 10.4. The molecule has 2 nitrogen and oxygen atoms in total. The number of benzene rings is 1. The highest BCUT2D eigenvalue weighted by molar-refractivity contribution is 5.86. The molecule has 0 heterocycles. The Balaban J connectivity index is 2.54. The molecule has 0 saturated carbocycles. The quantitative estimate of drug-likeness (QED) is 0.718. The summed E-state index contributed by atoms with van der Waals surface area (Å²) in [5.74, 6) is 2.38. The predicted octanol–water partition coefficient (Wildman–Crippen LogP) is 1.15. The normalized spacial score (nSPS) is 11.7. The summed E-state index contributed by atoms with van der Waals surface area (Å²) < 4.78 is 0. The second-order valence-electron chi connectivity index (χ2n) is 3.14. The van der Waals surface area contributed by atoms with Gasteiger partial charge in [0.15, 0.2) is 5.78 Å². The van der Waals surface area contributed by atoms with Crippen molar-refractivity contribution in [1.29, 1.82) is 0 Å². The molecule has 0 saturated heterocycles. The Morgan fingerprint density at radius 1 is 1.43 bits per heavy atom. The third-order valence-electron chi connectivity index (χ3n) is 1.97. The molecule has 14 heavy (non-hydrogen) atoms. The largest absolute Gasteiger partial charge is 0.321 e. The minimum absolute atomic E-state index is 0.00542. The van der Waals surface area contributed by atoms with Crippen LogP contribution in [0.1, 0.15) is 12.0 Å². The van der Waals surface area contributed by atoms with Crippen molar-refractivity contribution in [2.75, 3.05) is 0 Å². The average molecular weight is 187 g/mol. The summed E-state index contributed by atoms with van der Waals surface area (Å²) >= 11 is 0. The fourth-order valence-corrected chi connectivity index (χ4v) is 1.17. The molecule has 1 unspecified atom stereocenters. The van der Waals surface area contributed by atoms with Crippen LogP contribution in [0.3, 0.4) is 0 Å². The standard InChI is InChI=1S/C12H13NO/c1-2-6-11(13)12(14)9-10-7-4-3-5-8-10/h1,3-5,7-8,11H,6,9,13H2. The first-order chi connectivity index (χ1) is 6.74. The molecular weight excluding hydrogens is 174 g/mol. The molecular formula is C12H13NO. The highest BCUT2D eigenvalue weighted by Gasteiger charge is 2.11. The lowest BCUT2D eigenvalue weighted by molar-refractivity contribution is -0.119. The van der Waals surface area contributed by atoms with E-state index in [1.54, 1.807) is 0 Å². The van der Waals surface area contributed by atoms with Crippen LogP contribution in [0.2, 0.25) is 0 Å². The van der Waals surface area contributed by atoms with E-state index in [4.69, 9.17) is 12.2 Å². The maximum atomic E-state index is 11.5. The van der Waals surface area contributed by atoms with Crippen molar-refractivity contribution in [1.82, 2.24) is 0 Å². The first-order valence-electron chi connectivity index (χ1n) is 4.49. The van der Waals surface area contributed by atoms with E-state index in [1.807, 2.05) is 30.3 Å². The van der Waals surface area contributed by atoms with Crippen LogP contribution in [0.25, 0.3) is 0 Å². The molecule has 0 aliphatic heterocycles. The summed E-state index contributed by atoms with van der Waals surface area (Å²) in [7, 11) is 0. The second-order valence-corrected chi connectivity index (χ2v) is 3.14. The summed E-state index contributed by atoms with van der Waals surface area (Å²) in [6.07, 6.45) is 5.75. The van der Waals surface area contributed by atoms with Gasteiger partial charge < -0.3 is 5.73 Å². The summed E-state index contributed by atoms with van der Waals surface area (Å²) in [6, 6.07) is 8.99. The smallest absolute Gasteiger partial charge is 0.154 e. The van der Waals surface area contributed by atoms with Gasteiger partial charge >= 0.3 is 0 Å². The first kappa shape index (κ1) is 10.5. The van der Waals surface area contributed by atoms with Crippen LogP contribution in [-0.2, 0) is 11.2 Å². The van der Waals surface area contributed by atoms with Crippen LogP contribution in [0, 0.1) is 12.3 Å². The van der Waals surface area contributed by atoms with Gasteiger partial charge in [0.25, 0.3) is 0 Å². The van der Waals surface area contributed by atoms with E-state index in [2.05, 4.69) is 5.92 Å². The highest BCUT2D eigenvalue weighted by Crippen LogP contribution is 2.02. The van der Waals surface area contributed by atoms with Crippen LogP contribution < -0.4 is 5.73 Å². The Hall–Kier alpha value is -1.59. The third-order valence-corrected chi connectivity index (χ3v) is 1.97. The molecule has 0 radical (unpaired) electrons. The number of carbonyl (C=O) groups is 1. The van der Waals surface area contributed by atoms with Gasteiger partial charge in [0.2, 0.25) is 0 Å². The first-order valence-corrected chi connectivity index (χ1v) is 4.49. The van der Waals surface area contributed by atoms with Gasteiger partial charge in [0.05, 0.1) is 6.04 Å². The molecule has 1 aromatic carbocycles. The van der Waals surface area contributed by atoms with Crippen molar-refractivity contribution in [3.63, 3.8) is 0 Å². The van der Waals surface area contributed by atoms with E-state index in [1.165, 1.54) is 0 Å². The number of nitrogens with two attached hydrogens (primary N) is 1. The molecule has 1 rings (SSSR count). The van der Waals surface area contributed by atoms with Gasteiger partial charge in [-0.3, -0.25) is 4.79 Å². The lowest BCUT2D eigenvalue weighted by Crippen LogP contribution is -2.31.